The maximum atomic E-state index is 10.6. The van der Waals surface area contributed by atoms with E-state index in [9.17, 15) is 13.2 Å². The van der Waals surface area contributed by atoms with Crippen molar-refractivity contribution in [1.82, 2.24) is 24.3 Å². The number of nitrogens with zero attached hydrogens (tertiary/aromatic N) is 4. The van der Waals surface area contributed by atoms with Crippen LogP contribution in [0.25, 0.3) is 16.3 Å². The fourth-order valence-electron chi connectivity index (χ4n) is 2.73. The van der Waals surface area contributed by atoms with Crippen LogP contribution < -0.4 is 0 Å². The molecule has 0 aliphatic rings. The minimum absolute atomic E-state index is 0.774. The highest BCUT2D eigenvalue weighted by molar-refractivity contribution is 7.13. The number of aromatic nitrogens is 5. The molecule has 0 atom stereocenters. The van der Waals surface area contributed by atoms with Crippen LogP contribution in [0.3, 0.4) is 0 Å². The van der Waals surface area contributed by atoms with Gasteiger partial charge in [-0.1, -0.05) is 6.07 Å². The molecule has 0 radical (unpaired) electrons. The van der Waals surface area contributed by atoms with Gasteiger partial charge in [-0.05, 0) is 37.8 Å². The quantitative estimate of drug-likeness (QED) is 0.498. The molecule has 4 aromatic rings. The number of imidazole rings is 2. The van der Waals surface area contributed by atoms with E-state index in [-0.39, 0.29) is 0 Å². The predicted molar refractivity (Wildman–Crippen MR) is 105 cm³/mol. The first-order valence-electron chi connectivity index (χ1n) is 8.83. The number of carboxylic acid groups (broad SMARTS) is 1. The van der Waals surface area contributed by atoms with E-state index in [2.05, 4.69) is 56.6 Å². The molecule has 0 aliphatic carbocycles. The summed E-state index contributed by atoms with van der Waals surface area (Å²) in [7, 11) is 0. The standard InChI is InChI=1S/C17H17N5S.C2HF3O2/c1-11-8-12(2)22-10-13(20-17(22)19-11)5-6-16-18-9-14(21-16)15-4-3-7-23-15;3-2(4,5)1(6)7/h3-4,7-10H,5-6H2,1-2H3,(H,18,21);(H,6,7). The first-order valence-corrected chi connectivity index (χ1v) is 9.71. The van der Waals surface area contributed by atoms with Crippen LogP contribution in [0.1, 0.15) is 22.9 Å². The molecular formula is C19H18F3N5O2S. The zero-order chi connectivity index (χ0) is 21.9. The minimum Gasteiger partial charge on any atom is -0.475 e. The number of aliphatic carboxylic acids is 1. The van der Waals surface area contributed by atoms with E-state index in [0.717, 1.165) is 47.2 Å². The average molecular weight is 437 g/mol. The highest BCUT2D eigenvalue weighted by Crippen LogP contribution is 2.22. The SMILES string of the molecule is Cc1cc(C)n2cc(CCc3ncc(-c4cccs4)[nH]3)nc2n1.O=C(O)C(F)(F)F. The second kappa shape index (κ2) is 8.66. The number of alkyl halides is 3. The molecule has 7 nitrogen and oxygen atoms in total. The lowest BCUT2D eigenvalue weighted by Gasteiger charge is -1.98. The summed E-state index contributed by atoms with van der Waals surface area (Å²) < 4.78 is 33.8. The molecule has 0 aromatic carbocycles. The molecule has 0 amide bonds. The largest absolute Gasteiger partial charge is 0.490 e. The lowest BCUT2D eigenvalue weighted by Crippen LogP contribution is -2.21. The molecule has 4 heterocycles. The first-order chi connectivity index (χ1) is 14.1. The van der Waals surface area contributed by atoms with Crippen molar-refractivity contribution < 1.29 is 23.1 Å². The zero-order valence-corrected chi connectivity index (χ0v) is 16.9. The second-order valence-corrected chi connectivity index (χ2v) is 7.41. The van der Waals surface area contributed by atoms with E-state index in [0.29, 0.717) is 0 Å². The molecule has 2 N–H and O–H groups in total. The second-order valence-electron chi connectivity index (χ2n) is 6.46. The van der Waals surface area contributed by atoms with Crippen LogP contribution in [-0.2, 0) is 17.6 Å². The normalized spacial score (nSPS) is 11.4. The number of halogens is 3. The van der Waals surface area contributed by atoms with Crippen molar-refractivity contribution in [3.63, 3.8) is 0 Å². The third-order valence-corrected chi connectivity index (χ3v) is 4.99. The average Bonchev–Trinajstić information content (AvgIpc) is 3.39. The number of H-pyrrole nitrogens is 1. The van der Waals surface area contributed by atoms with Crippen LogP contribution in [0, 0.1) is 13.8 Å². The maximum Gasteiger partial charge on any atom is 0.490 e. The summed E-state index contributed by atoms with van der Waals surface area (Å²) >= 11 is 1.71. The summed E-state index contributed by atoms with van der Waals surface area (Å²) in [6, 6.07) is 6.22. The highest BCUT2D eigenvalue weighted by Gasteiger charge is 2.38. The van der Waals surface area contributed by atoms with Gasteiger partial charge >= 0.3 is 12.1 Å². The van der Waals surface area contributed by atoms with Gasteiger partial charge in [-0.2, -0.15) is 13.2 Å². The van der Waals surface area contributed by atoms with Gasteiger partial charge in [0.05, 0.1) is 22.5 Å². The van der Waals surface area contributed by atoms with Gasteiger partial charge in [-0.3, -0.25) is 4.40 Å². The van der Waals surface area contributed by atoms with Crippen molar-refractivity contribution in [3.8, 4) is 10.6 Å². The molecule has 11 heteroatoms. The fourth-order valence-corrected chi connectivity index (χ4v) is 3.42. The van der Waals surface area contributed by atoms with Gasteiger partial charge in [0.2, 0.25) is 5.78 Å². The zero-order valence-electron chi connectivity index (χ0n) is 16.1. The number of hydrogen-bond donors (Lipinski definition) is 2. The molecule has 0 saturated heterocycles. The van der Waals surface area contributed by atoms with E-state index in [1.807, 2.05) is 17.5 Å². The van der Waals surface area contributed by atoms with Crippen LogP contribution in [0.5, 0.6) is 0 Å². The molecule has 0 bridgehead atoms. The number of aryl methyl sites for hydroxylation is 4. The highest BCUT2D eigenvalue weighted by atomic mass is 32.1. The van der Waals surface area contributed by atoms with Gasteiger partial charge in [-0.15, -0.1) is 11.3 Å². The van der Waals surface area contributed by atoms with Gasteiger partial charge in [0.1, 0.15) is 5.82 Å². The van der Waals surface area contributed by atoms with Crippen LogP contribution in [0.2, 0.25) is 0 Å². The topological polar surface area (TPSA) is 96.2 Å². The number of aromatic amines is 1. The van der Waals surface area contributed by atoms with Crippen LogP contribution in [0.15, 0.2) is 36.0 Å². The lowest BCUT2D eigenvalue weighted by molar-refractivity contribution is -0.192. The van der Waals surface area contributed by atoms with Crippen molar-refractivity contribution in [1.29, 1.82) is 0 Å². The molecular weight excluding hydrogens is 419 g/mol. The van der Waals surface area contributed by atoms with E-state index in [1.54, 1.807) is 11.3 Å². The smallest absolute Gasteiger partial charge is 0.475 e. The lowest BCUT2D eigenvalue weighted by atomic mass is 10.2. The Labute approximate surface area is 173 Å². The monoisotopic (exact) mass is 437 g/mol. The molecule has 30 heavy (non-hydrogen) atoms. The van der Waals surface area contributed by atoms with Crippen molar-refractivity contribution in [2.45, 2.75) is 32.9 Å². The van der Waals surface area contributed by atoms with E-state index < -0.39 is 12.1 Å². The Balaban J connectivity index is 0.000000318. The number of carboxylic acids is 1. The Bertz CT molecular complexity index is 1150. The van der Waals surface area contributed by atoms with Gasteiger partial charge in [0.25, 0.3) is 0 Å². The van der Waals surface area contributed by atoms with Gasteiger partial charge in [0, 0.05) is 24.0 Å². The van der Waals surface area contributed by atoms with E-state index in [1.165, 1.54) is 4.88 Å². The van der Waals surface area contributed by atoms with Gasteiger partial charge < -0.3 is 10.1 Å². The number of rotatable bonds is 4. The first kappa shape index (κ1) is 21.5. The Morgan fingerprint density at radius 1 is 1.27 bits per heavy atom. The van der Waals surface area contributed by atoms with Crippen molar-refractivity contribution in [2.75, 3.05) is 0 Å². The summed E-state index contributed by atoms with van der Waals surface area (Å²) in [5, 5.41) is 9.20. The maximum absolute atomic E-state index is 10.6. The Morgan fingerprint density at radius 2 is 2.00 bits per heavy atom. The summed E-state index contributed by atoms with van der Waals surface area (Å²) in [5.74, 6) is -0.991. The molecule has 0 unspecified atom stereocenters. The van der Waals surface area contributed by atoms with E-state index in [4.69, 9.17) is 9.90 Å². The number of fused-ring (bicyclic) bond motifs is 1. The van der Waals surface area contributed by atoms with Crippen LogP contribution >= 0.6 is 11.3 Å². The van der Waals surface area contributed by atoms with Crippen LogP contribution in [-0.4, -0.2) is 41.6 Å². The number of hydrogen-bond acceptors (Lipinski definition) is 5. The number of thiophene rings is 1. The molecule has 0 aliphatic heterocycles. The summed E-state index contributed by atoms with van der Waals surface area (Å²) in [6.45, 7) is 4.07. The summed E-state index contributed by atoms with van der Waals surface area (Å²) in [4.78, 5) is 27.1. The van der Waals surface area contributed by atoms with E-state index >= 15 is 0 Å². The minimum atomic E-state index is -5.08. The molecule has 158 valence electrons. The van der Waals surface area contributed by atoms with Gasteiger partial charge in [-0.25, -0.2) is 19.7 Å². The molecule has 4 rings (SSSR count). The predicted octanol–water partition coefficient (Wildman–Crippen LogP) is 4.22. The summed E-state index contributed by atoms with van der Waals surface area (Å²) in [6.07, 6.45) is 0.576. The van der Waals surface area contributed by atoms with Gasteiger partial charge in [0.15, 0.2) is 0 Å². The summed E-state index contributed by atoms with van der Waals surface area (Å²) in [5.41, 5.74) is 4.28. The van der Waals surface area contributed by atoms with Crippen molar-refractivity contribution >= 4 is 23.1 Å². The molecule has 4 aromatic heterocycles. The Morgan fingerprint density at radius 3 is 2.63 bits per heavy atom. The molecule has 0 fully saturated rings. The number of nitrogens with one attached hydrogen (secondary N) is 1. The number of carbonyl (C=O) groups is 1. The van der Waals surface area contributed by atoms with Crippen molar-refractivity contribution in [2.24, 2.45) is 0 Å². The van der Waals surface area contributed by atoms with Crippen LogP contribution in [0.4, 0.5) is 13.2 Å². The molecule has 0 saturated carbocycles. The van der Waals surface area contributed by atoms with Crippen molar-refractivity contribution in [3.05, 3.63) is 58.9 Å². The molecule has 0 spiro atoms. The Kier molecular flexibility index (Phi) is 6.20. The Hall–Kier alpha value is -3.21. The third-order valence-electron chi connectivity index (χ3n) is 4.09. The third kappa shape index (κ3) is 5.23. The fraction of sp³-hybridized carbons (Fsp3) is 0.263.